The van der Waals surface area contributed by atoms with Crippen molar-refractivity contribution in [1.29, 1.82) is 0 Å². The fourth-order valence-electron chi connectivity index (χ4n) is 1.02. The van der Waals surface area contributed by atoms with Crippen molar-refractivity contribution >= 4 is 10.9 Å². The van der Waals surface area contributed by atoms with Gasteiger partial charge in [0.05, 0.1) is 5.52 Å². The molecule has 0 aliphatic carbocycles. The van der Waals surface area contributed by atoms with Crippen molar-refractivity contribution < 1.29 is 20.1 Å². The maximum atomic E-state index is 4.18. The molecule has 0 saturated carbocycles. The molecular weight excluding hydrogens is 314 g/mol. The number of pyridine rings is 1. The number of para-hydroxylation sites is 1. The Morgan fingerprint density at radius 1 is 0.909 bits per heavy atom. The number of nitrogens with zero attached hydrogens (tertiary/aromatic N) is 1. The van der Waals surface area contributed by atoms with Gasteiger partial charge in [0, 0.05) is 31.7 Å². The molecule has 0 fully saturated rings. The van der Waals surface area contributed by atoms with Gasteiger partial charge >= 0.3 is 0 Å². The fraction of sp³-hybridized carbons (Fsp3) is 0. The Morgan fingerprint density at radius 3 is 2.45 bits per heavy atom. The minimum absolute atomic E-state index is 0. The molecule has 0 saturated heterocycles. The summed E-state index contributed by atoms with van der Waals surface area (Å²) in [6.07, 6.45) is 1.81. The van der Waals surface area contributed by atoms with Crippen molar-refractivity contribution in [2.45, 2.75) is 0 Å². The number of rotatable bonds is 0. The van der Waals surface area contributed by atoms with Gasteiger partial charge in [-0.3, -0.25) is 4.98 Å². The molecule has 1 aromatic heterocycles. The van der Waals surface area contributed by atoms with Gasteiger partial charge in [-0.25, -0.2) is 0 Å². The van der Waals surface area contributed by atoms with Gasteiger partial charge in [0.25, 0.3) is 0 Å². The number of aromatic nitrogens is 1. The summed E-state index contributed by atoms with van der Waals surface area (Å²) < 4.78 is 0. The van der Waals surface area contributed by atoms with Crippen LogP contribution in [0.4, 0.5) is 0 Å². The van der Waals surface area contributed by atoms with Crippen molar-refractivity contribution in [3.05, 3.63) is 42.6 Å². The minimum Gasteiger partial charge on any atom is -0.256 e. The molecule has 0 spiro atoms. The van der Waals surface area contributed by atoms with Crippen LogP contribution in [0.5, 0.6) is 0 Å². The number of benzene rings is 1. The number of hydrogen-bond donors (Lipinski definition) is 0. The molecule has 0 aliphatic heterocycles. The number of hydrogen-bond acceptors (Lipinski definition) is 1. The second-order valence-electron chi connectivity index (χ2n) is 2.20. The van der Waals surface area contributed by atoms with Crippen LogP contribution < -0.4 is 0 Å². The van der Waals surface area contributed by atoms with Gasteiger partial charge in [0.15, 0.2) is 0 Å². The largest absolute Gasteiger partial charge is 0.256 e. The molecule has 1 nitrogen and oxygen atoms in total. The molecule has 0 N–H and O–H groups in total. The summed E-state index contributed by atoms with van der Waals surface area (Å²) in [6, 6.07) is 12.1. The van der Waals surface area contributed by atoms with Crippen LogP contribution in [0, 0.1) is 0 Å². The zero-order valence-electron chi connectivity index (χ0n) is 5.82. The molecule has 1 aromatic carbocycles. The van der Waals surface area contributed by atoms with Gasteiger partial charge in [-0.1, -0.05) is 24.3 Å². The first-order valence-corrected chi connectivity index (χ1v) is 3.26. The third-order valence-corrected chi connectivity index (χ3v) is 1.51. The second-order valence-corrected chi connectivity index (χ2v) is 2.20. The molecule has 1 radical (unpaired) electrons. The van der Waals surface area contributed by atoms with E-state index in [-0.39, 0.29) is 20.1 Å². The smallest absolute Gasteiger partial charge is 0.0701 e. The molecule has 11 heavy (non-hydrogen) atoms. The van der Waals surface area contributed by atoms with Gasteiger partial charge in [-0.05, 0) is 12.1 Å². The van der Waals surface area contributed by atoms with E-state index in [0.29, 0.717) is 0 Å². The van der Waals surface area contributed by atoms with E-state index >= 15 is 0 Å². The van der Waals surface area contributed by atoms with E-state index < -0.39 is 0 Å². The molecule has 2 heteroatoms. The van der Waals surface area contributed by atoms with E-state index in [1.807, 2.05) is 30.5 Å². The third kappa shape index (κ3) is 1.65. The predicted octanol–water partition coefficient (Wildman–Crippen LogP) is 2.23. The summed E-state index contributed by atoms with van der Waals surface area (Å²) in [5, 5.41) is 1.20. The fourth-order valence-corrected chi connectivity index (χ4v) is 1.02. The van der Waals surface area contributed by atoms with Crippen molar-refractivity contribution in [3.8, 4) is 0 Å². The molecule has 0 unspecified atom stereocenters. The molecule has 2 rings (SSSR count). The van der Waals surface area contributed by atoms with Crippen LogP contribution in [0.3, 0.4) is 0 Å². The van der Waals surface area contributed by atoms with Crippen LogP contribution in [0.25, 0.3) is 10.9 Å². The Labute approximate surface area is 78.8 Å². The van der Waals surface area contributed by atoms with Crippen molar-refractivity contribution in [1.82, 2.24) is 4.98 Å². The van der Waals surface area contributed by atoms with E-state index in [1.54, 1.807) is 0 Å². The Kier molecular flexibility index (Phi) is 2.75. The molecule has 0 atom stereocenters. The Balaban J connectivity index is 0.000000605. The average Bonchev–Trinajstić information content (AvgIpc) is 2.05. The maximum Gasteiger partial charge on any atom is 0.0701 e. The summed E-state index contributed by atoms with van der Waals surface area (Å²) in [5.74, 6) is 0. The predicted molar refractivity (Wildman–Crippen MR) is 41.7 cm³/mol. The molecule has 0 bridgehead atoms. The normalized spacial score (nSPS) is 9.09. The molecule has 57 valence electrons. The average molecular weight is 321 g/mol. The quantitative estimate of drug-likeness (QED) is 0.725. The molecule has 0 aliphatic rings. The minimum atomic E-state index is 0. The van der Waals surface area contributed by atoms with Crippen molar-refractivity contribution in [2.24, 2.45) is 0 Å². The van der Waals surface area contributed by atoms with Crippen LogP contribution in [-0.4, -0.2) is 4.98 Å². The standard InChI is InChI=1S/C9H7N.Ir/c1-2-6-9-8(4-1)5-3-7-10-9;/h1-7H;. The molecule has 1 heterocycles. The molecular formula is C9H7IrN. The van der Waals surface area contributed by atoms with E-state index in [4.69, 9.17) is 0 Å². The summed E-state index contributed by atoms with van der Waals surface area (Å²) in [4.78, 5) is 4.18. The molecule has 2 aromatic rings. The van der Waals surface area contributed by atoms with Gasteiger partial charge in [-0.15, -0.1) is 0 Å². The van der Waals surface area contributed by atoms with Crippen LogP contribution in [0.1, 0.15) is 0 Å². The van der Waals surface area contributed by atoms with E-state index in [1.165, 1.54) is 5.39 Å². The number of fused-ring (bicyclic) bond motifs is 1. The van der Waals surface area contributed by atoms with E-state index in [2.05, 4.69) is 17.1 Å². The van der Waals surface area contributed by atoms with Crippen molar-refractivity contribution in [3.63, 3.8) is 0 Å². The second kappa shape index (κ2) is 3.61. The summed E-state index contributed by atoms with van der Waals surface area (Å²) >= 11 is 0. The maximum absolute atomic E-state index is 4.18. The van der Waals surface area contributed by atoms with Gasteiger partial charge in [0.1, 0.15) is 0 Å². The first-order chi connectivity index (χ1) is 4.97. The van der Waals surface area contributed by atoms with E-state index in [0.717, 1.165) is 5.52 Å². The van der Waals surface area contributed by atoms with Gasteiger partial charge < -0.3 is 0 Å². The monoisotopic (exact) mass is 322 g/mol. The molecule has 0 amide bonds. The zero-order valence-corrected chi connectivity index (χ0v) is 8.22. The van der Waals surface area contributed by atoms with Crippen LogP contribution in [0.2, 0.25) is 0 Å². The zero-order chi connectivity index (χ0) is 6.81. The summed E-state index contributed by atoms with van der Waals surface area (Å²) in [6.45, 7) is 0. The van der Waals surface area contributed by atoms with Gasteiger partial charge in [0.2, 0.25) is 0 Å². The Bertz CT molecular complexity index is 281. The summed E-state index contributed by atoms with van der Waals surface area (Å²) in [5.41, 5.74) is 1.06. The first-order valence-electron chi connectivity index (χ1n) is 3.26. The first kappa shape index (κ1) is 8.38. The van der Waals surface area contributed by atoms with Crippen LogP contribution in [0.15, 0.2) is 42.6 Å². The Hall–Kier alpha value is -0.721. The SMILES string of the molecule is [Ir].c1ccc2ncccc2c1. The van der Waals surface area contributed by atoms with Crippen molar-refractivity contribution in [2.75, 3.05) is 0 Å². The summed E-state index contributed by atoms with van der Waals surface area (Å²) in [7, 11) is 0. The van der Waals surface area contributed by atoms with E-state index in [9.17, 15) is 0 Å². The van der Waals surface area contributed by atoms with Crippen LogP contribution in [-0.2, 0) is 20.1 Å². The third-order valence-electron chi connectivity index (χ3n) is 1.51. The topological polar surface area (TPSA) is 12.9 Å². The Morgan fingerprint density at radius 2 is 1.64 bits per heavy atom. The van der Waals surface area contributed by atoms with Gasteiger partial charge in [-0.2, -0.15) is 0 Å². The van der Waals surface area contributed by atoms with Crippen LogP contribution >= 0.6 is 0 Å².